The average Bonchev–Trinajstić information content (AvgIpc) is 3.01. The van der Waals surface area contributed by atoms with E-state index >= 15 is 0 Å². The first kappa shape index (κ1) is 29.4. The first-order chi connectivity index (χ1) is 16.1. The van der Waals surface area contributed by atoms with Crippen LogP contribution in [0, 0.1) is 10.8 Å². The van der Waals surface area contributed by atoms with Gasteiger partial charge >= 0.3 is 215 Å². The molecule has 2 atom stereocenters. The van der Waals surface area contributed by atoms with Crippen molar-refractivity contribution >= 4 is 24.3 Å². The molecule has 0 heterocycles. The van der Waals surface area contributed by atoms with Crippen LogP contribution >= 0.6 is 0 Å². The number of hydroxylamine groups is 1. The van der Waals surface area contributed by atoms with E-state index in [4.69, 9.17) is 4.84 Å². The maximum absolute atomic E-state index is 12.9. The van der Waals surface area contributed by atoms with Gasteiger partial charge in [-0.2, -0.15) is 0 Å². The molecule has 0 amide bonds. The summed E-state index contributed by atoms with van der Waals surface area (Å²) in [4.78, 5) is 18.7. The average molecular weight is 576 g/mol. The van der Waals surface area contributed by atoms with E-state index in [-0.39, 0.29) is 22.3 Å². The molecular formula is C30H51NO2Sn. The molecule has 1 aromatic carbocycles. The monoisotopic (exact) mass is 577 g/mol. The molecule has 0 radical (unpaired) electrons. The second-order valence-electron chi connectivity index (χ2n) is 11.5. The Balaban J connectivity index is 2.49. The molecule has 0 saturated heterocycles. The molecule has 2 rings (SSSR count). The van der Waals surface area contributed by atoms with E-state index in [1.165, 1.54) is 51.8 Å². The third-order valence-electron chi connectivity index (χ3n) is 9.15. The van der Waals surface area contributed by atoms with Gasteiger partial charge < -0.3 is 0 Å². The van der Waals surface area contributed by atoms with Crippen molar-refractivity contribution in [3.8, 4) is 0 Å². The third-order valence-corrected chi connectivity index (χ3v) is 25.6. The minimum absolute atomic E-state index is 0.0290. The van der Waals surface area contributed by atoms with Crippen molar-refractivity contribution in [1.82, 2.24) is 5.48 Å². The van der Waals surface area contributed by atoms with E-state index in [0.29, 0.717) is 5.56 Å². The molecule has 1 aromatic rings. The standard InChI is InChI=1S/C18H24NO2.3C4H9.Sn/c1-6-17(4)13-12-16(2,3)18(17,5)19-21-15(20)14-10-8-7-9-11-14;3*1-3-4-2;/h7-12,19H,6H2,1-5H3;3*1,3-4H2,2H3;. The Morgan fingerprint density at radius 2 is 1.35 bits per heavy atom. The summed E-state index contributed by atoms with van der Waals surface area (Å²) in [6, 6.07) is 9.32. The number of hydrogen-bond acceptors (Lipinski definition) is 3. The quantitative estimate of drug-likeness (QED) is 0.178. The molecule has 0 aliphatic heterocycles. The van der Waals surface area contributed by atoms with Gasteiger partial charge in [-0.1, -0.05) is 0 Å². The molecular weight excluding hydrogens is 525 g/mol. The number of carbonyl (C=O) groups is 1. The van der Waals surface area contributed by atoms with Gasteiger partial charge in [0.2, 0.25) is 0 Å². The van der Waals surface area contributed by atoms with Crippen LogP contribution in [0.15, 0.2) is 40.0 Å². The van der Waals surface area contributed by atoms with Crippen LogP contribution in [0.4, 0.5) is 0 Å². The number of benzene rings is 1. The number of hydrogen-bond donors (Lipinski definition) is 1. The summed E-state index contributed by atoms with van der Waals surface area (Å²) in [6.45, 7) is 18.8. The van der Waals surface area contributed by atoms with Gasteiger partial charge in [0.05, 0.1) is 0 Å². The summed E-state index contributed by atoms with van der Waals surface area (Å²) in [7, 11) is 0. The molecule has 0 aromatic heterocycles. The molecule has 34 heavy (non-hydrogen) atoms. The zero-order chi connectivity index (χ0) is 25.5. The Kier molecular flexibility index (Phi) is 10.8. The Bertz CT molecular complexity index is 797. The van der Waals surface area contributed by atoms with Crippen LogP contribution in [0.1, 0.15) is 111 Å². The molecule has 4 heteroatoms. The van der Waals surface area contributed by atoms with Crippen molar-refractivity contribution in [2.45, 2.75) is 119 Å². The first-order valence-electron chi connectivity index (χ1n) is 13.8. The van der Waals surface area contributed by atoms with Crippen molar-refractivity contribution in [2.75, 3.05) is 0 Å². The normalized spacial score (nSPS) is 24.2. The number of rotatable bonds is 14. The van der Waals surface area contributed by atoms with Gasteiger partial charge in [0.25, 0.3) is 0 Å². The molecule has 1 N–H and O–H groups in total. The van der Waals surface area contributed by atoms with Crippen molar-refractivity contribution < 1.29 is 9.63 Å². The number of unbranched alkanes of at least 4 members (excludes halogenated alkanes) is 3. The fourth-order valence-corrected chi connectivity index (χ4v) is 26.0. The minimum atomic E-state index is -2.68. The van der Waals surface area contributed by atoms with Gasteiger partial charge in [-0.25, -0.2) is 0 Å². The van der Waals surface area contributed by atoms with E-state index in [0.717, 1.165) is 6.42 Å². The predicted molar refractivity (Wildman–Crippen MR) is 149 cm³/mol. The summed E-state index contributed by atoms with van der Waals surface area (Å²) in [6.07, 6.45) is 11.6. The fraction of sp³-hybridized carbons (Fsp3) is 0.700. The van der Waals surface area contributed by atoms with Gasteiger partial charge in [0.1, 0.15) is 0 Å². The molecule has 0 fully saturated rings. The SMILES string of the molecule is CCC[CH2][Sn]([CH2]CCC)([CH2]CCC)[C]1=CC(C)(C)C(C)(NOC(=O)c2ccccc2)C1(C)CC. The Hall–Kier alpha value is -0.811. The van der Waals surface area contributed by atoms with E-state index in [9.17, 15) is 4.79 Å². The van der Waals surface area contributed by atoms with Crippen LogP contribution in [0.25, 0.3) is 0 Å². The topological polar surface area (TPSA) is 38.3 Å². The van der Waals surface area contributed by atoms with Crippen molar-refractivity contribution in [2.24, 2.45) is 10.8 Å². The first-order valence-corrected chi connectivity index (χ1v) is 21.3. The van der Waals surface area contributed by atoms with Gasteiger partial charge in [0, 0.05) is 0 Å². The number of nitrogens with one attached hydrogen (secondary N) is 1. The van der Waals surface area contributed by atoms with Crippen LogP contribution in [0.5, 0.6) is 0 Å². The predicted octanol–water partition coefficient (Wildman–Crippen LogP) is 8.88. The van der Waals surface area contributed by atoms with E-state index in [1.54, 1.807) is 0 Å². The summed E-state index contributed by atoms with van der Waals surface area (Å²) in [5.41, 5.74) is 3.47. The van der Waals surface area contributed by atoms with Gasteiger partial charge in [0.15, 0.2) is 0 Å². The summed E-state index contributed by atoms with van der Waals surface area (Å²) in [5, 5.41) is 0. The Labute approximate surface area is 214 Å². The molecule has 0 bridgehead atoms. The molecule has 1 aliphatic rings. The second-order valence-corrected chi connectivity index (χ2v) is 24.7. The Morgan fingerprint density at radius 3 is 1.79 bits per heavy atom. The summed E-state index contributed by atoms with van der Waals surface area (Å²) < 4.78 is 6.20. The van der Waals surface area contributed by atoms with Crippen LogP contribution in [0.3, 0.4) is 0 Å². The molecule has 0 saturated carbocycles. The molecule has 3 nitrogen and oxygen atoms in total. The zero-order valence-electron chi connectivity index (χ0n) is 23.4. The maximum atomic E-state index is 12.9. The van der Waals surface area contributed by atoms with Crippen LogP contribution in [-0.4, -0.2) is 29.9 Å². The molecule has 2 unspecified atom stereocenters. The fourth-order valence-electron chi connectivity index (χ4n) is 6.28. The van der Waals surface area contributed by atoms with Gasteiger partial charge in [-0.05, 0) is 0 Å². The molecule has 1 aliphatic carbocycles. The Morgan fingerprint density at radius 1 is 0.853 bits per heavy atom. The zero-order valence-corrected chi connectivity index (χ0v) is 26.2. The third kappa shape index (κ3) is 5.77. The van der Waals surface area contributed by atoms with Crippen molar-refractivity contribution in [3.05, 3.63) is 45.6 Å². The van der Waals surface area contributed by atoms with Crippen LogP contribution in [-0.2, 0) is 4.84 Å². The van der Waals surface area contributed by atoms with Gasteiger partial charge in [-0.3, -0.25) is 0 Å². The number of carbonyl (C=O) groups excluding carboxylic acids is 1. The summed E-state index contributed by atoms with van der Waals surface area (Å²) >= 11 is -2.68. The van der Waals surface area contributed by atoms with E-state index in [1.807, 2.05) is 33.9 Å². The molecule has 0 spiro atoms. The second kappa shape index (κ2) is 12.4. The van der Waals surface area contributed by atoms with E-state index in [2.05, 4.69) is 66.9 Å². The van der Waals surface area contributed by atoms with Crippen LogP contribution < -0.4 is 5.48 Å². The van der Waals surface area contributed by atoms with Crippen molar-refractivity contribution in [3.63, 3.8) is 0 Å². The van der Waals surface area contributed by atoms with Gasteiger partial charge in [-0.15, -0.1) is 0 Å². The van der Waals surface area contributed by atoms with E-state index < -0.39 is 18.4 Å². The summed E-state index contributed by atoms with van der Waals surface area (Å²) in [5.74, 6) is -0.303. The molecule has 192 valence electrons. The van der Waals surface area contributed by atoms with Crippen molar-refractivity contribution in [1.29, 1.82) is 0 Å². The van der Waals surface area contributed by atoms with Crippen LogP contribution in [0.2, 0.25) is 13.3 Å².